The minimum absolute atomic E-state index is 0.102. The van der Waals surface area contributed by atoms with Gasteiger partial charge in [0, 0.05) is 51.1 Å². The van der Waals surface area contributed by atoms with Crippen LogP contribution in [-0.2, 0) is 22.6 Å². The maximum absolute atomic E-state index is 13.1. The lowest BCUT2D eigenvalue weighted by molar-refractivity contribution is -0.133. The van der Waals surface area contributed by atoms with Crippen LogP contribution in [0.1, 0.15) is 36.8 Å². The molecule has 1 N–H and O–H groups in total. The highest BCUT2D eigenvalue weighted by Crippen LogP contribution is 2.32. The van der Waals surface area contributed by atoms with Gasteiger partial charge in [0.25, 0.3) is 0 Å². The molecule has 6 heteroatoms. The Morgan fingerprint density at radius 3 is 2.61 bits per heavy atom. The zero-order valence-electron chi connectivity index (χ0n) is 19.0. The van der Waals surface area contributed by atoms with Crippen LogP contribution in [0.5, 0.6) is 0 Å². The molecule has 5 nitrogen and oxygen atoms in total. The molecule has 0 spiro atoms. The second kappa shape index (κ2) is 9.65. The first kappa shape index (κ1) is 22.1. The number of hydrogen-bond acceptors (Lipinski definition) is 4. The molecule has 2 aliphatic rings. The quantitative estimate of drug-likeness (QED) is 0.573. The summed E-state index contributed by atoms with van der Waals surface area (Å²) in [4.78, 5) is 29.7. The number of hydrogen-bond donors (Lipinski definition) is 1. The predicted molar refractivity (Wildman–Crippen MR) is 133 cm³/mol. The lowest BCUT2D eigenvalue weighted by Gasteiger charge is -2.36. The lowest BCUT2D eigenvalue weighted by atomic mass is 9.83. The molecule has 1 atom stereocenters. The number of rotatable bonds is 7. The second-order valence-corrected chi connectivity index (χ2v) is 10.2. The van der Waals surface area contributed by atoms with E-state index in [2.05, 4.69) is 69.5 Å². The third-order valence-corrected chi connectivity index (χ3v) is 7.90. The fourth-order valence-electron chi connectivity index (χ4n) is 5.29. The molecule has 0 unspecified atom stereocenters. The van der Waals surface area contributed by atoms with Gasteiger partial charge in [-0.3, -0.25) is 14.5 Å². The van der Waals surface area contributed by atoms with Crippen molar-refractivity contribution >= 4 is 33.9 Å². The number of thiophene rings is 1. The summed E-state index contributed by atoms with van der Waals surface area (Å²) < 4.78 is 0. The molecule has 0 radical (unpaired) electrons. The van der Waals surface area contributed by atoms with Crippen molar-refractivity contribution in [3.63, 3.8) is 0 Å². The van der Waals surface area contributed by atoms with Crippen molar-refractivity contribution in [2.45, 2.75) is 44.2 Å². The van der Waals surface area contributed by atoms with Gasteiger partial charge < -0.3 is 10.2 Å². The molecule has 5 rings (SSSR count). The number of nitrogens with zero attached hydrogens (tertiary/aromatic N) is 2. The number of benzene rings is 2. The van der Waals surface area contributed by atoms with Gasteiger partial charge >= 0.3 is 0 Å². The van der Waals surface area contributed by atoms with Crippen molar-refractivity contribution in [3.8, 4) is 0 Å². The van der Waals surface area contributed by atoms with Crippen molar-refractivity contribution in [2.24, 2.45) is 0 Å². The summed E-state index contributed by atoms with van der Waals surface area (Å²) in [5, 5.41) is 10.0. The monoisotopic (exact) mass is 461 g/mol. The molecule has 2 fully saturated rings. The topological polar surface area (TPSA) is 52.7 Å². The van der Waals surface area contributed by atoms with Crippen LogP contribution in [-0.4, -0.2) is 53.3 Å². The summed E-state index contributed by atoms with van der Waals surface area (Å²) in [6.45, 7) is 4.36. The molecular formula is C27H31N3O2S. The van der Waals surface area contributed by atoms with Gasteiger partial charge in [-0.15, -0.1) is 0 Å². The Bertz CT molecular complexity index is 1120. The normalized spacial score (nSPS) is 21.5. The van der Waals surface area contributed by atoms with Gasteiger partial charge in [-0.2, -0.15) is 11.3 Å². The van der Waals surface area contributed by atoms with Crippen LogP contribution in [0.15, 0.2) is 59.3 Å². The van der Waals surface area contributed by atoms with Crippen LogP contribution in [0.4, 0.5) is 0 Å². The zero-order chi connectivity index (χ0) is 22.7. The van der Waals surface area contributed by atoms with Crippen LogP contribution in [0.3, 0.4) is 0 Å². The van der Waals surface area contributed by atoms with Crippen LogP contribution in [0.2, 0.25) is 0 Å². The van der Waals surface area contributed by atoms with Gasteiger partial charge in [0.1, 0.15) is 0 Å². The first-order valence-corrected chi connectivity index (χ1v) is 12.8. The summed E-state index contributed by atoms with van der Waals surface area (Å²) in [6, 6.07) is 16.9. The van der Waals surface area contributed by atoms with E-state index in [0.717, 1.165) is 45.6 Å². The van der Waals surface area contributed by atoms with Gasteiger partial charge in [0.2, 0.25) is 11.8 Å². The fraction of sp³-hybridized carbons (Fsp3) is 0.407. The van der Waals surface area contributed by atoms with Gasteiger partial charge in [-0.1, -0.05) is 42.5 Å². The average Bonchev–Trinajstić information content (AvgIpc) is 3.48. The Hall–Kier alpha value is -2.70. The highest BCUT2D eigenvalue weighted by Gasteiger charge is 2.38. The average molecular weight is 462 g/mol. The summed E-state index contributed by atoms with van der Waals surface area (Å²) >= 11 is 1.73. The molecule has 1 aromatic heterocycles. The van der Waals surface area contributed by atoms with Crippen molar-refractivity contribution in [1.82, 2.24) is 15.1 Å². The highest BCUT2D eigenvalue weighted by molar-refractivity contribution is 7.07. The maximum atomic E-state index is 13.1. The number of fused-ring (bicyclic) bond motifs is 1. The first-order chi connectivity index (χ1) is 16.1. The van der Waals surface area contributed by atoms with Crippen LogP contribution in [0, 0.1) is 0 Å². The number of carbonyl (C=O) groups excluding carboxylic acids is 2. The molecule has 2 saturated heterocycles. The second-order valence-electron chi connectivity index (χ2n) is 9.43. The fourth-order valence-corrected chi connectivity index (χ4v) is 5.95. The predicted octanol–water partition coefficient (Wildman–Crippen LogP) is 4.22. The zero-order valence-corrected chi connectivity index (χ0v) is 19.8. The third-order valence-electron chi connectivity index (χ3n) is 7.17. The largest absolute Gasteiger partial charge is 0.350 e. The van der Waals surface area contributed by atoms with Gasteiger partial charge in [-0.05, 0) is 58.0 Å². The Kier molecular flexibility index (Phi) is 6.47. The number of nitrogens with one attached hydrogen (secondary N) is 1. The summed E-state index contributed by atoms with van der Waals surface area (Å²) in [5.74, 6) is 0.313. The molecule has 0 saturated carbocycles. The van der Waals surface area contributed by atoms with E-state index in [1.54, 1.807) is 11.3 Å². The van der Waals surface area contributed by atoms with E-state index in [9.17, 15) is 9.59 Å². The molecular weight excluding hydrogens is 430 g/mol. The molecule has 2 amide bonds. The molecule has 0 bridgehead atoms. The van der Waals surface area contributed by atoms with Gasteiger partial charge in [0.05, 0.1) is 0 Å². The summed E-state index contributed by atoms with van der Waals surface area (Å²) in [7, 11) is 0. The van der Waals surface area contributed by atoms with Gasteiger partial charge in [-0.25, -0.2) is 0 Å². The summed E-state index contributed by atoms with van der Waals surface area (Å²) in [6.07, 6.45) is 3.27. The smallest absolute Gasteiger partial charge is 0.222 e. The van der Waals surface area contributed by atoms with Crippen LogP contribution >= 0.6 is 11.3 Å². The Labute approximate surface area is 199 Å². The Balaban J connectivity index is 1.21. The van der Waals surface area contributed by atoms with Crippen molar-refractivity contribution in [1.29, 1.82) is 0 Å². The molecule has 172 valence electrons. The molecule has 3 aromatic rings. The van der Waals surface area contributed by atoms with Crippen molar-refractivity contribution in [2.75, 3.05) is 26.2 Å². The number of piperazine rings is 1. The van der Waals surface area contributed by atoms with Gasteiger partial charge in [0.15, 0.2) is 0 Å². The lowest BCUT2D eigenvalue weighted by Crippen LogP contribution is -2.49. The van der Waals surface area contributed by atoms with Crippen molar-refractivity contribution in [3.05, 3.63) is 70.4 Å². The highest BCUT2D eigenvalue weighted by atomic mass is 32.1. The standard InChI is InChI=1S/C27H31N3O2S/c31-25-8-11-27(28-25,18-23-6-3-5-22-4-1-2-7-24(22)23)12-9-26(32)30-15-13-29(14-16-30)19-21-10-17-33-20-21/h1-7,10,17,20H,8-9,11-16,18-19H2,(H,28,31)/t27-/m1/s1. The Morgan fingerprint density at radius 2 is 1.85 bits per heavy atom. The Morgan fingerprint density at radius 1 is 1.03 bits per heavy atom. The van der Waals surface area contributed by atoms with E-state index >= 15 is 0 Å². The SMILES string of the molecule is O=C1CC[C@@](CCC(=O)N2CCN(Cc3ccsc3)CC2)(Cc2cccc3ccccc23)N1. The number of amides is 2. The molecule has 2 aromatic carbocycles. The molecule has 33 heavy (non-hydrogen) atoms. The summed E-state index contributed by atoms with van der Waals surface area (Å²) in [5.41, 5.74) is 2.26. The van der Waals surface area contributed by atoms with E-state index in [0.29, 0.717) is 19.3 Å². The number of carbonyl (C=O) groups is 2. The molecule has 2 aliphatic heterocycles. The van der Waals surface area contributed by atoms with Crippen molar-refractivity contribution < 1.29 is 9.59 Å². The first-order valence-electron chi connectivity index (χ1n) is 11.9. The minimum Gasteiger partial charge on any atom is -0.350 e. The molecule has 0 aliphatic carbocycles. The maximum Gasteiger partial charge on any atom is 0.222 e. The van der Waals surface area contributed by atoms with E-state index in [1.807, 2.05) is 4.90 Å². The van der Waals surface area contributed by atoms with Crippen LogP contribution < -0.4 is 5.32 Å². The third kappa shape index (κ3) is 5.12. The van der Waals surface area contributed by atoms with E-state index in [-0.39, 0.29) is 17.4 Å². The van der Waals surface area contributed by atoms with E-state index < -0.39 is 0 Å². The molecule has 3 heterocycles. The van der Waals surface area contributed by atoms with E-state index in [4.69, 9.17) is 0 Å². The minimum atomic E-state index is -0.336. The van der Waals surface area contributed by atoms with Crippen LogP contribution in [0.25, 0.3) is 10.8 Å². The van der Waals surface area contributed by atoms with E-state index in [1.165, 1.54) is 21.9 Å².